The summed E-state index contributed by atoms with van der Waals surface area (Å²) in [7, 11) is 0. The van der Waals surface area contributed by atoms with Gasteiger partial charge in [-0.25, -0.2) is 13.2 Å². The predicted molar refractivity (Wildman–Crippen MR) is 64.9 cm³/mol. The highest BCUT2D eigenvalue weighted by Crippen LogP contribution is 2.34. The molecule has 2 aromatic carbocycles. The minimum atomic E-state index is -1.21. The Labute approximate surface area is 115 Å². The van der Waals surface area contributed by atoms with Crippen molar-refractivity contribution in [2.24, 2.45) is 0 Å². The molecule has 0 saturated carbocycles. The molecule has 8 heteroatoms. The summed E-state index contributed by atoms with van der Waals surface area (Å²) in [5, 5.41) is 10.8. The highest BCUT2D eigenvalue weighted by atomic mass is 19.1. The molecule has 0 aliphatic rings. The molecule has 0 bridgehead atoms. The number of nitrogens with zero attached hydrogens (tertiary/aromatic N) is 1. The van der Waals surface area contributed by atoms with Crippen LogP contribution in [0.3, 0.4) is 0 Å². The van der Waals surface area contributed by atoms with Crippen molar-refractivity contribution in [3.63, 3.8) is 0 Å². The Bertz CT molecular complexity index is 710. The van der Waals surface area contributed by atoms with E-state index in [1.807, 2.05) is 0 Å². The molecule has 0 unspecified atom stereocenters. The van der Waals surface area contributed by atoms with Gasteiger partial charge >= 0.3 is 5.69 Å². The maximum atomic E-state index is 13.6. The Hall–Kier alpha value is -2.90. The van der Waals surface area contributed by atoms with E-state index in [2.05, 4.69) is 0 Å². The summed E-state index contributed by atoms with van der Waals surface area (Å²) in [4.78, 5) is 20.3. The van der Waals surface area contributed by atoms with E-state index in [-0.39, 0.29) is 11.8 Å². The molecule has 21 heavy (non-hydrogen) atoms. The van der Waals surface area contributed by atoms with E-state index < -0.39 is 39.6 Å². The first kappa shape index (κ1) is 14.5. The highest BCUT2D eigenvalue weighted by molar-refractivity contribution is 5.75. The van der Waals surface area contributed by atoms with Crippen LogP contribution in [0.1, 0.15) is 10.4 Å². The lowest BCUT2D eigenvalue weighted by atomic mass is 10.2. The molecule has 0 atom stereocenters. The summed E-state index contributed by atoms with van der Waals surface area (Å²) in [6.07, 6.45) is 0.232. The zero-order chi connectivity index (χ0) is 15.6. The first-order valence-corrected chi connectivity index (χ1v) is 5.48. The van der Waals surface area contributed by atoms with E-state index in [9.17, 15) is 28.1 Å². The molecule has 108 valence electrons. The van der Waals surface area contributed by atoms with Gasteiger partial charge in [0, 0.05) is 5.56 Å². The van der Waals surface area contributed by atoms with Crippen LogP contribution in [0.15, 0.2) is 30.3 Å². The van der Waals surface area contributed by atoms with Gasteiger partial charge in [0.05, 0.1) is 11.0 Å². The van der Waals surface area contributed by atoms with Gasteiger partial charge in [-0.15, -0.1) is 0 Å². The zero-order valence-electron chi connectivity index (χ0n) is 10.2. The average molecular weight is 297 g/mol. The Balaban J connectivity index is 2.48. The van der Waals surface area contributed by atoms with Gasteiger partial charge in [0.2, 0.25) is 5.75 Å². The number of ether oxygens (including phenoxy) is 1. The number of aldehydes is 1. The number of halogens is 3. The van der Waals surface area contributed by atoms with E-state index >= 15 is 0 Å². The quantitative estimate of drug-likeness (QED) is 0.491. The molecule has 0 radical (unpaired) electrons. The van der Waals surface area contributed by atoms with Crippen molar-refractivity contribution in [2.75, 3.05) is 0 Å². The third-order valence-corrected chi connectivity index (χ3v) is 2.49. The van der Waals surface area contributed by atoms with Gasteiger partial charge in [-0.2, -0.15) is 0 Å². The molecule has 0 saturated heterocycles. The Morgan fingerprint density at radius 1 is 1.10 bits per heavy atom. The second-order valence-electron chi connectivity index (χ2n) is 3.90. The monoisotopic (exact) mass is 297 g/mol. The van der Waals surface area contributed by atoms with Crippen LogP contribution in [0.4, 0.5) is 18.9 Å². The van der Waals surface area contributed by atoms with Crippen molar-refractivity contribution in [1.29, 1.82) is 0 Å². The zero-order valence-corrected chi connectivity index (χ0v) is 10.2. The Morgan fingerprint density at radius 3 is 2.24 bits per heavy atom. The van der Waals surface area contributed by atoms with Crippen molar-refractivity contribution in [3.05, 3.63) is 63.5 Å². The molecular weight excluding hydrogens is 291 g/mol. The molecule has 0 N–H and O–H groups in total. The van der Waals surface area contributed by atoms with Gasteiger partial charge < -0.3 is 4.74 Å². The number of nitro benzene ring substituents is 1. The van der Waals surface area contributed by atoms with Crippen LogP contribution in [0.5, 0.6) is 11.5 Å². The number of carbonyl (C=O) groups excluding carboxylic acids is 1. The summed E-state index contributed by atoms with van der Waals surface area (Å²) < 4.78 is 45.0. The van der Waals surface area contributed by atoms with Crippen LogP contribution in [0, 0.1) is 27.6 Å². The second kappa shape index (κ2) is 5.61. The van der Waals surface area contributed by atoms with Crippen molar-refractivity contribution in [1.82, 2.24) is 0 Å². The molecule has 5 nitrogen and oxygen atoms in total. The molecular formula is C13H6F3NO4. The van der Waals surface area contributed by atoms with Crippen molar-refractivity contribution < 1.29 is 27.6 Å². The number of carbonyl (C=O) groups is 1. The molecule has 0 amide bonds. The van der Waals surface area contributed by atoms with Gasteiger partial charge in [0.1, 0.15) is 12.1 Å². The maximum Gasteiger partial charge on any atom is 0.314 e. The number of hydrogen-bond acceptors (Lipinski definition) is 4. The third-order valence-electron chi connectivity index (χ3n) is 2.49. The summed E-state index contributed by atoms with van der Waals surface area (Å²) in [6, 6.07) is 3.70. The van der Waals surface area contributed by atoms with Crippen LogP contribution >= 0.6 is 0 Å². The van der Waals surface area contributed by atoms with Gasteiger partial charge in [-0.05, 0) is 24.3 Å². The van der Waals surface area contributed by atoms with Gasteiger partial charge in [-0.3, -0.25) is 14.9 Å². The van der Waals surface area contributed by atoms with Gasteiger partial charge in [0.25, 0.3) is 0 Å². The summed E-state index contributed by atoms with van der Waals surface area (Å²) in [5.41, 5.74) is -1.04. The minimum Gasteiger partial charge on any atom is -0.444 e. The fraction of sp³-hybridized carbons (Fsp3) is 0. The number of nitro groups is 1. The van der Waals surface area contributed by atoms with Crippen molar-refractivity contribution >= 4 is 12.0 Å². The largest absolute Gasteiger partial charge is 0.444 e. The standard InChI is InChI=1S/C13H6F3NO4/c14-8-1-2-12(11(5-8)17(19)20)21-13-9(15)3-7(6-18)4-10(13)16/h1-6H. The maximum absolute atomic E-state index is 13.6. The Kier molecular flexibility index (Phi) is 3.88. The average Bonchev–Trinajstić information content (AvgIpc) is 2.43. The highest BCUT2D eigenvalue weighted by Gasteiger charge is 2.21. The summed E-state index contributed by atoms with van der Waals surface area (Å²) in [6.45, 7) is 0. The lowest BCUT2D eigenvalue weighted by Gasteiger charge is -2.08. The Morgan fingerprint density at radius 2 is 1.71 bits per heavy atom. The van der Waals surface area contributed by atoms with E-state index in [0.29, 0.717) is 18.2 Å². The number of rotatable bonds is 4. The molecule has 0 fully saturated rings. The molecule has 0 aliphatic carbocycles. The number of benzene rings is 2. The van der Waals surface area contributed by atoms with Gasteiger partial charge in [-0.1, -0.05) is 0 Å². The lowest BCUT2D eigenvalue weighted by Crippen LogP contribution is -1.98. The second-order valence-corrected chi connectivity index (χ2v) is 3.90. The minimum absolute atomic E-state index is 0.232. The van der Waals surface area contributed by atoms with Crippen molar-refractivity contribution in [2.45, 2.75) is 0 Å². The topological polar surface area (TPSA) is 69.4 Å². The normalized spacial score (nSPS) is 10.2. The van der Waals surface area contributed by atoms with E-state index in [1.165, 1.54) is 0 Å². The fourth-order valence-corrected chi connectivity index (χ4v) is 1.57. The lowest BCUT2D eigenvalue weighted by molar-refractivity contribution is -0.385. The smallest absolute Gasteiger partial charge is 0.314 e. The molecule has 0 aliphatic heterocycles. The van der Waals surface area contributed by atoms with Crippen LogP contribution in [-0.2, 0) is 0 Å². The van der Waals surface area contributed by atoms with Gasteiger partial charge in [0.15, 0.2) is 17.4 Å². The van der Waals surface area contributed by atoms with E-state index in [1.54, 1.807) is 0 Å². The first-order valence-electron chi connectivity index (χ1n) is 5.48. The number of hydrogen-bond donors (Lipinski definition) is 0. The predicted octanol–water partition coefficient (Wildman–Crippen LogP) is 3.62. The van der Waals surface area contributed by atoms with Crippen LogP contribution in [0.25, 0.3) is 0 Å². The molecule has 0 spiro atoms. The molecule has 2 rings (SSSR count). The van der Waals surface area contributed by atoms with E-state index in [0.717, 1.165) is 12.1 Å². The fourth-order valence-electron chi connectivity index (χ4n) is 1.57. The molecule has 2 aromatic rings. The molecule has 0 aromatic heterocycles. The van der Waals surface area contributed by atoms with Crippen LogP contribution in [0.2, 0.25) is 0 Å². The van der Waals surface area contributed by atoms with Crippen molar-refractivity contribution in [3.8, 4) is 11.5 Å². The van der Waals surface area contributed by atoms with Crippen LogP contribution in [-0.4, -0.2) is 11.2 Å². The SMILES string of the molecule is O=Cc1cc(F)c(Oc2ccc(F)cc2[N+](=O)[O-])c(F)c1. The first-order chi connectivity index (χ1) is 9.92. The summed E-state index contributed by atoms with van der Waals surface area (Å²) >= 11 is 0. The summed E-state index contributed by atoms with van der Waals surface area (Å²) in [5.74, 6) is -4.77. The molecule has 0 heterocycles. The third kappa shape index (κ3) is 2.99. The van der Waals surface area contributed by atoms with E-state index in [4.69, 9.17) is 4.74 Å². The van der Waals surface area contributed by atoms with Crippen LogP contribution < -0.4 is 4.74 Å².